The zero-order chi connectivity index (χ0) is 15.5. The number of hydrogen-bond acceptors (Lipinski definition) is 4. The third-order valence-electron chi connectivity index (χ3n) is 3.46. The summed E-state index contributed by atoms with van der Waals surface area (Å²) in [5.74, 6) is -0.243. The van der Waals surface area contributed by atoms with Crippen molar-refractivity contribution in [1.82, 2.24) is 26.0 Å². The van der Waals surface area contributed by atoms with E-state index < -0.39 is 28.9 Å². The summed E-state index contributed by atoms with van der Waals surface area (Å²) in [6, 6.07) is -1.12. The number of nitrogens with one attached hydrogen (secondary N) is 3. The van der Waals surface area contributed by atoms with Crippen LogP contribution in [0.4, 0.5) is 9.59 Å². The number of amides is 5. The molecule has 3 N–H and O–H groups in total. The number of hydrogen-bond donors (Lipinski definition) is 3. The first kappa shape index (κ1) is 14.6. The molecule has 20 heavy (non-hydrogen) atoms. The molecule has 2 aliphatic heterocycles. The van der Waals surface area contributed by atoms with Crippen molar-refractivity contribution in [3.63, 3.8) is 0 Å². The number of urea groups is 2. The van der Waals surface area contributed by atoms with Gasteiger partial charge in [-0.15, -0.1) is 0 Å². The van der Waals surface area contributed by atoms with Crippen LogP contribution in [0.2, 0.25) is 0 Å². The van der Waals surface area contributed by atoms with E-state index in [0.29, 0.717) is 0 Å². The maximum Gasteiger partial charge on any atom is 0.342 e. The molecule has 0 aliphatic carbocycles. The second-order valence-corrected chi connectivity index (χ2v) is 6.68. The Kier molecular flexibility index (Phi) is 2.80. The van der Waals surface area contributed by atoms with Gasteiger partial charge in [-0.3, -0.25) is 4.79 Å². The molecule has 2 rings (SSSR count). The van der Waals surface area contributed by atoms with Crippen LogP contribution in [0.15, 0.2) is 0 Å². The smallest absolute Gasteiger partial charge is 0.335 e. The Bertz CT molecular complexity index is 477. The molecule has 2 saturated heterocycles. The van der Waals surface area contributed by atoms with Crippen LogP contribution in [0, 0.1) is 0 Å². The summed E-state index contributed by atoms with van der Waals surface area (Å²) in [6.45, 7) is 10.2. The van der Waals surface area contributed by atoms with Crippen LogP contribution in [-0.2, 0) is 4.79 Å². The Balaban J connectivity index is 2.42. The summed E-state index contributed by atoms with van der Waals surface area (Å²) in [4.78, 5) is 36.6. The van der Waals surface area contributed by atoms with Crippen LogP contribution >= 0.6 is 0 Å². The highest BCUT2D eigenvalue weighted by atomic mass is 16.2. The minimum atomic E-state index is -1.01. The largest absolute Gasteiger partial charge is 0.342 e. The molecule has 0 aromatic rings. The first-order valence-electron chi connectivity index (χ1n) is 6.46. The van der Waals surface area contributed by atoms with Gasteiger partial charge in [0.2, 0.25) is 5.91 Å². The predicted molar refractivity (Wildman–Crippen MR) is 71.1 cm³/mol. The molecular formula is C12H21N5O3. The van der Waals surface area contributed by atoms with Gasteiger partial charge in [0.05, 0.1) is 0 Å². The maximum atomic E-state index is 12.3. The summed E-state index contributed by atoms with van der Waals surface area (Å²) in [6.07, 6.45) is 0. The number of imide groups is 1. The fourth-order valence-corrected chi connectivity index (χ4v) is 2.72. The van der Waals surface area contributed by atoms with Crippen molar-refractivity contribution in [2.75, 3.05) is 0 Å². The number of hydrazine groups is 1. The van der Waals surface area contributed by atoms with Crippen LogP contribution in [0.3, 0.4) is 0 Å². The lowest BCUT2D eigenvalue weighted by molar-refractivity contribution is -0.130. The number of nitrogens with zero attached hydrogens (tertiary/aromatic N) is 2. The zero-order valence-electron chi connectivity index (χ0n) is 12.6. The van der Waals surface area contributed by atoms with E-state index in [1.807, 2.05) is 0 Å². The van der Waals surface area contributed by atoms with Crippen LogP contribution in [-0.4, -0.2) is 44.9 Å². The third kappa shape index (κ3) is 2.00. The van der Waals surface area contributed by atoms with Crippen molar-refractivity contribution in [1.29, 1.82) is 0 Å². The molecule has 0 saturated carbocycles. The van der Waals surface area contributed by atoms with Crippen LogP contribution in [0.25, 0.3) is 0 Å². The summed E-state index contributed by atoms with van der Waals surface area (Å²) in [5.41, 5.74) is -2.69. The molecule has 8 nitrogen and oxygen atoms in total. The second kappa shape index (κ2) is 3.85. The second-order valence-electron chi connectivity index (χ2n) is 6.68. The highest BCUT2D eigenvalue weighted by Gasteiger charge is 2.57. The zero-order valence-corrected chi connectivity index (χ0v) is 12.6. The average Bonchev–Trinajstić information content (AvgIpc) is 2.34. The minimum absolute atomic E-state index is 0.243. The summed E-state index contributed by atoms with van der Waals surface area (Å²) < 4.78 is 0. The molecule has 0 radical (unpaired) electrons. The molecule has 0 atom stereocenters. The average molecular weight is 283 g/mol. The van der Waals surface area contributed by atoms with Crippen molar-refractivity contribution in [2.45, 2.75) is 58.4 Å². The lowest BCUT2D eigenvalue weighted by Gasteiger charge is -2.47. The third-order valence-corrected chi connectivity index (χ3v) is 3.46. The molecule has 0 aromatic heterocycles. The molecule has 2 aliphatic rings. The standard InChI is InChI=1S/C12H21N5O3/c1-10(2)7(18)13-12(5,6)17(10)16-8(19)14-11(3,4)15-9(16)20/h1-6H3,(H,13,18)(H,14,19)(H,15,20). The lowest BCUT2D eigenvalue weighted by Crippen LogP contribution is -2.75. The van der Waals surface area contributed by atoms with Crippen LogP contribution < -0.4 is 16.0 Å². The Morgan fingerprint density at radius 2 is 1.25 bits per heavy atom. The Morgan fingerprint density at radius 1 is 0.800 bits per heavy atom. The van der Waals surface area contributed by atoms with E-state index in [-0.39, 0.29) is 5.91 Å². The quantitative estimate of drug-likeness (QED) is 0.646. The number of rotatable bonds is 1. The van der Waals surface area contributed by atoms with E-state index in [9.17, 15) is 14.4 Å². The highest BCUT2D eigenvalue weighted by Crippen LogP contribution is 2.33. The minimum Gasteiger partial charge on any atom is -0.335 e. The molecule has 112 valence electrons. The van der Waals surface area contributed by atoms with Crippen molar-refractivity contribution in [3.05, 3.63) is 0 Å². The molecule has 0 spiro atoms. The molecule has 2 heterocycles. The fraction of sp³-hybridized carbons (Fsp3) is 0.750. The van der Waals surface area contributed by atoms with Gasteiger partial charge in [-0.2, -0.15) is 10.0 Å². The van der Waals surface area contributed by atoms with E-state index in [1.54, 1.807) is 41.5 Å². The van der Waals surface area contributed by atoms with Crippen molar-refractivity contribution >= 4 is 18.0 Å². The molecule has 2 fully saturated rings. The molecular weight excluding hydrogens is 262 g/mol. The molecule has 8 heteroatoms. The number of carbonyl (C=O) groups is 3. The van der Waals surface area contributed by atoms with Gasteiger partial charge in [-0.1, -0.05) is 0 Å². The van der Waals surface area contributed by atoms with Gasteiger partial charge >= 0.3 is 12.1 Å². The van der Waals surface area contributed by atoms with Gasteiger partial charge in [0.15, 0.2) is 0 Å². The van der Waals surface area contributed by atoms with Crippen molar-refractivity contribution in [2.24, 2.45) is 0 Å². The van der Waals surface area contributed by atoms with E-state index in [0.717, 1.165) is 5.01 Å². The molecule has 0 bridgehead atoms. The van der Waals surface area contributed by atoms with Gasteiger partial charge in [0.25, 0.3) is 0 Å². The first-order valence-corrected chi connectivity index (χ1v) is 6.46. The van der Waals surface area contributed by atoms with Gasteiger partial charge < -0.3 is 16.0 Å². The van der Waals surface area contributed by atoms with E-state index >= 15 is 0 Å². The number of carbonyl (C=O) groups excluding carboxylic acids is 3. The molecule has 5 amide bonds. The van der Waals surface area contributed by atoms with E-state index in [1.165, 1.54) is 5.01 Å². The SMILES string of the molecule is CC1(C)NC(=O)N(N2C(C)(C)NC(=O)C2(C)C)C(=O)N1. The lowest BCUT2D eigenvalue weighted by atomic mass is 10.1. The van der Waals surface area contributed by atoms with Crippen LogP contribution in [0.1, 0.15) is 41.5 Å². The maximum absolute atomic E-state index is 12.3. The Morgan fingerprint density at radius 3 is 1.60 bits per heavy atom. The highest BCUT2D eigenvalue weighted by molar-refractivity contribution is 5.98. The first-order chi connectivity index (χ1) is 8.88. The molecule has 0 unspecified atom stereocenters. The van der Waals surface area contributed by atoms with Gasteiger partial charge in [0, 0.05) is 0 Å². The summed E-state index contributed by atoms with van der Waals surface area (Å²) >= 11 is 0. The van der Waals surface area contributed by atoms with Gasteiger partial charge in [0.1, 0.15) is 16.9 Å². The molecule has 0 aromatic carbocycles. The van der Waals surface area contributed by atoms with E-state index in [4.69, 9.17) is 0 Å². The van der Waals surface area contributed by atoms with Gasteiger partial charge in [-0.05, 0) is 41.5 Å². The van der Waals surface area contributed by atoms with Crippen LogP contribution in [0.5, 0.6) is 0 Å². The topological polar surface area (TPSA) is 93.8 Å². The monoisotopic (exact) mass is 283 g/mol. The fourth-order valence-electron chi connectivity index (χ4n) is 2.72. The summed E-state index contributed by atoms with van der Waals surface area (Å²) in [5, 5.41) is 10.5. The Labute approximate surface area is 117 Å². The van der Waals surface area contributed by atoms with Crippen molar-refractivity contribution in [3.8, 4) is 0 Å². The normalized spacial score (nSPS) is 27.9. The van der Waals surface area contributed by atoms with Gasteiger partial charge in [-0.25, -0.2) is 9.59 Å². The predicted octanol–water partition coefficient (Wildman–Crippen LogP) is 0.319. The van der Waals surface area contributed by atoms with Crippen molar-refractivity contribution < 1.29 is 14.4 Å². The Hall–Kier alpha value is -1.83. The summed E-state index contributed by atoms with van der Waals surface area (Å²) in [7, 11) is 0. The van der Waals surface area contributed by atoms with E-state index in [2.05, 4.69) is 16.0 Å².